The average Bonchev–Trinajstić information content (AvgIpc) is 3.40. The minimum absolute atomic E-state index is 0.000646. The smallest absolute Gasteiger partial charge is 0.318 e. The van der Waals surface area contributed by atoms with Gasteiger partial charge in [-0.15, -0.1) is 11.3 Å². The molecule has 1 saturated carbocycles. The molecule has 7 heteroatoms. The molecule has 4 rings (SSSR count). The van der Waals surface area contributed by atoms with Gasteiger partial charge in [-0.25, -0.2) is 4.79 Å². The summed E-state index contributed by atoms with van der Waals surface area (Å²) in [7, 11) is 3.95. The Morgan fingerprint density at radius 2 is 1.76 bits per heavy atom. The van der Waals surface area contributed by atoms with Crippen molar-refractivity contribution in [1.82, 2.24) is 10.2 Å². The van der Waals surface area contributed by atoms with Gasteiger partial charge in [-0.2, -0.15) is 0 Å². The highest BCUT2D eigenvalue weighted by Gasteiger charge is 2.54. The monoisotopic (exact) mass is 481 g/mol. The number of nitrogens with one attached hydrogen (secondary N) is 1. The van der Waals surface area contributed by atoms with Crippen molar-refractivity contribution in [2.24, 2.45) is 5.92 Å². The number of hydrogen-bond acceptors (Lipinski definition) is 5. The molecule has 0 spiro atoms. The van der Waals surface area contributed by atoms with Crippen LogP contribution in [0.2, 0.25) is 0 Å². The molecule has 1 aromatic carbocycles. The van der Waals surface area contributed by atoms with Crippen LogP contribution in [0.25, 0.3) is 0 Å². The fraction of sp³-hybridized carbons (Fsp3) is 0.519. The van der Waals surface area contributed by atoms with Crippen molar-refractivity contribution in [1.29, 1.82) is 0 Å². The van der Waals surface area contributed by atoms with Crippen LogP contribution in [0.5, 0.6) is 0 Å². The van der Waals surface area contributed by atoms with Gasteiger partial charge in [0.05, 0.1) is 18.0 Å². The first-order valence-corrected chi connectivity index (χ1v) is 13.1. The maximum Gasteiger partial charge on any atom is 0.318 e. The Morgan fingerprint density at radius 3 is 2.29 bits per heavy atom. The zero-order valence-electron chi connectivity index (χ0n) is 20.5. The standard InChI is InChI=1S/C27H35N3O3S/c1-17-14-15-34-26(17)25-23(18(2)32)24(19-10-12-21(13-11-19)29(3)4)22(16-31)30(25)27(33)28-20-8-6-5-7-9-20/h10-16,20,22-25H,5-9H2,1-4H3,(H,28,33). The minimum Gasteiger partial charge on any atom is -0.378 e. The summed E-state index contributed by atoms with van der Waals surface area (Å²) >= 11 is 1.55. The first kappa shape index (κ1) is 24.5. The molecule has 182 valence electrons. The van der Waals surface area contributed by atoms with E-state index in [1.54, 1.807) is 23.2 Å². The van der Waals surface area contributed by atoms with E-state index < -0.39 is 23.9 Å². The number of benzene rings is 1. The number of carbonyl (C=O) groups is 3. The highest BCUT2D eigenvalue weighted by Crippen LogP contribution is 2.51. The molecule has 2 amide bonds. The molecule has 34 heavy (non-hydrogen) atoms. The lowest BCUT2D eigenvalue weighted by Gasteiger charge is -2.32. The molecule has 1 aromatic heterocycles. The number of rotatable bonds is 6. The number of likely N-dealkylation sites (tertiary alicyclic amines) is 1. The van der Waals surface area contributed by atoms with Crippen LogP contribution in [0.4, 0.5) is 10.5 Å². The molecular weight excluding hydrogens is 446 g/mol. The summed E-state index contributed by atoms with van der Waals surface area (Å²) in [6.07, 6.45) is 6.18. The second-order valence-electron chi connectivity index (χ2n) is 9.88. The molecule has 2 heterocycles. The SMILES string of the molecule is CC(=O)C1C(c2ccc(N(C)C)cc2)C(C=O)N(C(=O)NC2CCCCC2)C1c1sccc1C. The van der Waals surface area contributed by atoms with Gasteiger partial charge in [0.15, 0.2) is 0 Å². The molecule has 4 unspecified atom stereocenters. The van der Waals surface area contributed by atoms with Crippen LogP contribution in [0.15, 0.2) is 35.7 Å². The second kappa shape index (κ2) is 10.3. The normalized spacial score (nSPS) is 25.2. The molecule has 1 aliphatic heterocycles. The summed E-state index contributed by atoms with van der Waals surface area (Å²) in [4.78, 5) is 44.2. The molecule has 6 nitrogen and oxygen atoms in total. The van der Waals surface area contributed by atoms with E-state index >= 15 is 0 Å². The zero-order chi connectivity index (χ0) is 24.4. The number of hydrogen-bond donors (Lipinski definition) is 1. The van der Waals surface area contributed by atoms with Gasteiger partial charge < -0.3 is 19.9 Å². The van der Waals surface area contributed by atoms with Crippen LogP contribution in [-0.4, -0.2) is 49.2 Å². The van der Waals surface area contributed by atoms with Gasteiger partial charge in [0, 0.05) is 36.6 Å². The molecular formula is C27H35N3O3S. The maximum absolute atomic E-state index is 13.7. The van der Waals surface area contributed by atoms with Crippen molar-refractivity contribution in [2.75, 3.05) is 19.0 Å². The number of Topliss-reactive ketones (excluding diaryl/α,β-unsaturated/α-hetero) is 1. The summed E-state index contributed by atoms with van der Waals surface area (Å²) < 4.78 is 0. The summed E-state index contributed by atoms with van der Waals surface area (Å²) in [5, 5.41) is 5.20. The Balaban J connectivity index is 1.78. The lowest BCUT2D eigenvalue weighted by Crippen LogP contribution is -2.49. The van der Waals surface area contributed by atoms with E-state index in [2.05, 4.69) is 5.32 Å². The highest BCUT2D eigenvalue weighted by atomic mass is 32.1. The van der Waals surface area contributed by atoms with Crippen LogP contribution in [0.3, 0.4) is 0 Å². The first-order valence-electron chi connectivity index (χ1n) is 12.2. The summed E-state index contributed by atoms with van der Waals surface area (Å²) in [5.74, 6) is -0.885. The Kier molecular flexibility index (Phi) is 7.41. The van der Waals surface area contributed by atoms with Crippen LogP contribution in [-0.2, 0) is 9.59 Å². The van der Waals surface area contributed by atoms with Crippen LogP contribution in [0, 0.1) is 12.8 Å². The third kappa shape index (κ3) is 4.63. The van der Waals surface area contributed by atoms with Gasteiger partial charge in [-0.3, -0.25) is 4.79 Å². The lowest BCUT2D eigenvalue weighted by atomic mass is 9.79. The van der Waals surface area contributed by atoms with Crippen LogP contribution < -0.4 is 10.2 Å². The average molecular weight is 482 g/mol. The number of ketones is 1. The Labute approximate surface area is 206 Å². The van der Waals surface area contributed by atoms with Crippen molar-refractivity contribution in [3.05, 3.63) is 51.7 Å². The number of aryl methyl sites for hydroxylation is 1. The number of urea groups is 1. The highest BCUT2D eigenvalue weighted by molar-refractivity contribution is 7.10. The van der Waals surface area contributed by atoms with E-state index in [4.69, 9.17) is 0 Å². The molecule has 1 N–H and O–H groups in total. The largest absolute Gasteiger partial charge is 0.378 e. The summed E-state index contributed by atoms with van der Waals surface area (Å²) in [6.45, 7) is 3.60. The number of thiophene rings is 1. The van der Waals surface area contributed by atoms with Crippen LogP contribution in [0.1, 0.15) is 67.0 Å². The van der Waals surface area contributed by atoms with E-state index in [9.17, 15) is 14.4 Å². The fourth-order valence-corrected chi connectivity index (χ4v) is 6.77. The molecule has 1 aliphatic carbocycles. The molecule has 0 radical (unpaired) electrons. The molecule has 4 atom stereocenters. The third-order valence-corrected chi connectivity index (χ3v) is 8.55. The summed E-state index contributed by atoms with van der Waals surface area (Å²) in [5.41, 5.74) is 3.00. The van der Waals surface area contributed by atoms with Gasteiger partial charge in [0.2, 0.25) is 0 Å². The first-order chi connectivity index (χ1) is 16.3. The Bertz CT molecular complexity index is 1030. The van der Waals surface area contributed by atoms with Gasteiger partial charge in [-0.05, 0) is 61.4 Å². The molecule has 1 saturated heterocycles. The topological polar surface area (TPSA) is 69.7 Å². The lowest BCUT2D eigenvalue weighted by molar-refractivity contribution is -0.121. The van der Waals surface area contributed by atoms with E-state index in [0.29, 0.717) is 0 Å². The predicted octanol–water partition coefficient (Wildman–Crippen LogP) is 5.08. The van der Waals surface area contributed by atoms with Crippen molar-refractivity contribution in [3.8, 4) is 0 Å². The van der Waals surface area contributed by atoms with Gasteiger partial charge in [0.25, 0.3) is 0 Å². The quantitative estimate of drug-likeness (QED) is 0.585. The minimum atomic E-state index is -0.714. The van der Waals surface area contributed by atoms with Crippen molar-refractivity contribution >= 4 is 35.1 Å². The van der Waals surface area contributed by atoms with Gasteiger partial charge in [-0.1, -0.05) is 31.4 Å². The molecule has 2 aromatic rings. The molecule has 2 aliphatic rings. The van der Waals surface area contributed by atoms with Crippen molar-refractivity contribution < 1.29 is 14.4 Å². The summed E-state index contributed by atoms with van der Waals surface area (Å²) in [6, 6.07) is 8.72. The van der Waals surface area contributed by atoms with E-state index in [-0.39, 0.29) is 17.9 Å². The second-order valence-corrected chi connectivity index (χ2v) is 10.8. The molecule has 0 bridgehead atoms. The van der Waals surface area contributed by atoms with E-state index in [1.807, 2.05) is 61.6 Å². The predicted molar refractivity (Wildman–Crippen MR) is 137 cm³/mol. The number of amides is 2. The molecule has 2 fully saturated rings. The third-order valence-electron chi connectivity index (χ3n) is 7.46. The maximum atomic E-state index is 13.7. The zero-order valence-corrected chi connectivity index (χ0v) is 21.3. The van der Waals surface area contributed by atoms with Gasteiger partial charge in [0.1, 0.15) is 12.1 Å². The Hall–Kier alpha value is -2.67. The fourth-order valence-electron chi connectivity index (χ4n) is 5.70. The van der Waals surface area contributed by atoms with Crippen molar-refractivity contribution in [2.45, 2.75) is 70.0 Å². The number of anilines is 1. The van der Waals surface area contributed by atoms with Crippen LogP contribution >= 0.6 is 11.3 Å². The van der Waals surface area contributed by atoms with Gasteiger partial charge >= 0.3 is 6.03 Å². The number of nitrogens with zero attached hydrogens (tertiary/aromatic N) is 2. The van der Waals surface area contributed by atoms with E-state index in [0.717, 1.165) is 53.7 Å². The Morgan fingerprint density at radius 1 is 1.09 bits per heavy atom. The number of carbonyl (C=O) groups excluding carboxylic acids is 3. The van der Waals surface area contributed by atoms with E-state index in [1.165, 1.54) is 6.42 Å². The van der Waals surface area contributed by atoms with Crippen molar-refractivity contribution in [3.63, 3.8) is 0 Å². The number of aldehydes is 1.